The van der Waals surface area contributed by atoms with Crippen molar-refractivity contribution in [2.24, 2.45) is 0 Å². The summed E-state index contributed by atoms with van der Waals surface area (Å²) in [5.41, 5.74) is 0. The summed E-state index contributed by atoms with van der Waals surface area (Å²) in [5.74, 6) is 0. The predicted octanol–water partition coefficient (Wildman–Crippen LogP) is 4.17. The third kappa shape index (κ3) is 13.4. The summed E-state index contributed by atoms with van der Waals surface area (Å²) >= 11 is 19.1. The molecule has 0 aliphatic carbocycles. The zero-order valence-corrected chi connectivity index (χ0v) is 9.50. The van der Waals surface area contributed by atoms with Crippen LogP contribution in [0.15, 0.2) is 0 Å². The Morgan fingerprint density at radius 1 is 0.900 bits per heavy atom. The predicted molar refractivity (Wildman–Crippen MR) is 39.7 cm³/mol. The summed E-state index contributed by atoms with van der Waals surface area (Å²) in [6.45, 7) is 0. The van der Waals surface area contributed by atoms with Gasteiger partial charge in [0.15, 0.2) is 0 Å². The largest absolute Gasteiger partial charge is 0.387 e. The molecular formula is ArCl4O3P2. The zero-order chi connectivity index (χ0) is 7.71. The Balaban J connectivity index is 0. The molecule has 0 N–H and O–H groups in total. The van der Waals surface area contributed by atoms with Crippen molar-refractivity contribution in [1.29, 1.82) is 0 Å². The molecule has 10 heavy (non-hydrogen) atoms. The Labute approximate surface area is 107 Å². The van der Waals surface area contributed by atoms with Crippen molar-refractivity contribution in [3.8, 4) is 0 Å². The van der Waals surface area contributed by atoms with Gasteiger partial charge >= 0.3 is 12.1 Å². The quantitative estimate of drug-likeness (QED) is 0.717. The third-order valence-electron chi connectivity index (χ3n) is 0.190. The van der Waals surface area contributed by atoms with Crippen LogP contribution in [-0.4, -0.2) is 0 Å². The van der Waals surface area contributed by atoms with E-state index in [4.69, 9.17) is 45.0 Å². The molecule has 0 saturated carbocycles. The number of hydrogen-bond donors (Lipinski definition) is 0. The Morgan fingerprint density at radius 2 is 1.10 bits per heavy atom. The molecule has 0 atom stereocenters. The maximum absolute atomic E-state index is 10.2. The molecule has 10 heteroatoms. The molecule has 64 valence electrons. The van der Waals surface area contributed by atoms with Gasteiger partial charge in [0.2, 0.25) is 0 Å². The van der Waals surface area contributed by atoms with Crippen LogP contribution < -0.4 is 0 Å². The van der Waals surface area contributed by atoms with E-state index in [-0.39, 0.29) is 37.7 Å². The molecule has 0 fully saturated rings. The van der Waals surface area contributed by atoms with Crippen LogP contribution in [0.25, 0.3) is 0 Å². The van der Waals surface area contributed by atoms with Crippen molar-refractivity contribution >= 4 is 57.1 Å². The van der Waals surface area contributed by atoms with Gasteiger partial charge in [0.05, 0.1) is 0 Å². The average molecular weight is 292 g/mol. The second-order valence-corrected chi connectivity index (χ2v) is 9.60. The first-order chi connectivity index (χ1) is 3.71. The van der Waals surface area contributed by atoms with Gasteiger partial charge in [-0.15, -0.1) is 0 Å². The fourth-order valence-corrected chi connectivity index (χ4v) is 5.26. The van der Waals surface area contributed by atoms with Gasteiger partial charge in [-0.3, -0.25) is 9.13 Å². The van der Waals surface area contributed by atoms with Gasteiger partial charge in [-0.1, -0.05) is 0 Å². The van der Waals surface area contributed by atoms with Gasteiger partial charge in [0.1, 0.15) is 0 Å². The smallest absolute Gasteiger partial charge is 0.256 e. The van der Waals surface area contributed by atoms with Crippen LogP contribution in [0.4, 0.5) is 0 Å². The first kappa shape index (κ1) is 15.3. The minimum atomic E-state index is -3.87. The van der Waals surface area contributed by atoms with Crippen LogP contribution in [0.1, 0.15) is 0 Å². The van der Waals surface area contributed by atoms with Crippen molar-refractivity contribution in [3.63, 3.8) is 0 Å². The molecule has 0 spiro atoms. The zero-order valence-electron chi connectivity index (χ0n) is 3.98. The van der Waals surface area contributed by atoms with Crippen LogP contribution in [0.3, 0.4) is 0 Å². The van der Waals surface area contributed by atoms with Crippen molar-refractivity contribution < 1.29 is 51.2 Å². The molecule has 0 heterocycles. The molecule has 0 saturated heterocycles. The van der Waals surface area contributed by atoms with E-state index in [2.05, 4.69) is 4.31 Å². The van der Waals surface area contributed by atoms with E-state index >= 15 is 0 Å². The minimum absolute atomic E-state index is 0. The van der Waals surface area contributed by atoms with Gasteiger partial charge in [-0.2, -0.15) is 0 Å². The van der Waals surface area contributed by atoms with Gasteiger partial charge in [0.25, 0.3) is 0 Å². The Morgan fingerprint density at radius 3 is 1.10 bits per heavy atom. The normalized spacial score (nSPS) is 12.4. The molecule has 0 radical (unpaired) electrons. The van der Waals surface area contributed by atoms with E-state index in [1.54, 1.807) is 0 Å². The van der Waals surface area contributed by atoms with Gasteiger partial charge in [-0.05, 0) is 45.0 Å². The molecule has 0 aromatic rings. The number of hydrogen-bond acceptors (Lipinski definition) is 3. The van der Waals surface area contributed by atoms with Crippen LogP contribution in [-0.2, 0) is 13.4 Å². The summed E-state index contributed by atoms with van der Waals surface area (Å²) in [6.07, 6.45) is -7.74. The Kier molecular flexibility index (Phi) is 8.49. The summed E-state index contributed by atoms with van der Waals surface area (Å²) in [4.78, 5) is 0. The van der Waals surface area contributed by atoms with Crippen molar-refractivity contribution in [2.75, 3.05) is 0 Å². The molecule has 0 rings (SSSR count). The summed E-state index contributed by atoms with van der Waals surface area (Å²) in [7, 11) is 0. The molecule has 3 nitrogen and oxygen atoms in total. The van der Waals surface area contributed by atoms with E-state index in [9.17, 15) is 9.13 Å². The van der Waals surface area contributed by atoms with Crippen LogP contribution in [0.2, 0.25) is 0 Å². The molecule has 0 aliphatic rings. The van der Waals surface area contributed by atoms with E-state index < -0.39 is 12.1 Å². The van der Waals surface area contributed by atoms with Crippen LogP contribution >= 0.6 is 57.1 Å². The van der Waals surface area contributed by atoms with E-state index in [1.807, 2.05) is 0 Å². The van der Waals surface area contributed by atoms with E-state index in [1.165, 1.54) is 0 Å². The SMILES string of the molecule is O=P(Cl)(Cl)OP(=O)(Cl)Cl.[Ar]. The second-order valence-electron chi connectivity index (χ2n) is 0.911. The maximum Gasteiger partial charge on any atom is 0.387 e. The van der Waals surface area contributed by atoms with Crippen molar-refractivity contribution in [3.05, 3.63) is 0 Å². The third-order valence-corrected chi connectivity index (χ3v) is 3.93. The van der Waals surface area contributed by atoms with Gasteiger partial charge < -0.3 is 0 Å². The number of rotatable bonds is 2. The molecule has 0 aromatic heterocycles. The monoisotopic (exact) mass is 290 g/mol. The molecule has 0 unspecified atom stereocenters. The summed E-state index contributed by atoms with van der Waals surface area (Å²) in [6, 6.07) is 0. The molecular weight excluding hydrogens is 292 g/mol. The average Bonchev–Trinajstić information content (AvgIpc) is 1.14. The summed E-state index contributed by atoms with van der Waals surface area (Å²) in [5, 5.41) is 0. The van der Waals surface area contributed by atoms with E-state index in [0.717, 1.165) is 0 Å². The Hall–Kier alpha value is 2.84. The van der Waals surface area contributed by atoms with Gasteiger partial charge in [-0.25, -0.2) is 4.31 Å². The molecule has 0 aliphatic heterocycles. The second kappa shape index (κ2) is 5.54. The first-order valence-corrected chi connectivity index (χ1v) is 8.28. The van der Waals surface area contributed by atoms with Gasteiger partial charge in [0, 0.05) is 37.7 Å². The van der Waals surface area contributed by atoms with Crippen molar-refractivity contribution in [2.45, 2.75) is 0 Å². The molecule has 0 aromatic carbocycles. The number of halogens is 4. The Bertz CT molecular complexity index is 159. The van der Waals surface area contributed by atoms with Crippen LogP contribution in [0.5, 0.6) is 0 Å². The molecule has 0 bridgehead atoms. The topological polar surface area (TPSA) is 43.4 Å². The fourth-order valence-electron chi connectivity index (χ4n) is 0.111. The minimum Gasteiger partial charge on any atom is -0.256 e. The standard InChI is InChI=1S/Ar.Cl4O3P2/c;1-8(2,5)7-9(3,4)6. The molecule has 0 amide bonds. The first-order valence-electron chi connectivity index (χ1n) is 1.41. The summed E-state index contributed by atoms with van der Waals surface area (Å²) < 4.78 is 24.2. The fraction of sp³-hybridized carbons (Fsp3) is 0. The van der Waals surface area contributed by atoms with Crippen molar-refractivity contribution in [1.82, 2.24) is 0 Å². The van der Waals surface area contributed by atoms with E-state index in [0.29, 0.717) is 0 Å². The van der Waals surface area contributed by atoms with Crippen LogP contribution in [0, 0.1) is 37.7 Å². The maximum atomic E-state index is 10.2.